The Morgan fingerprint density at radius 3 is 2.69 bits per heavy atom. The fourth-order valence-corrected chi connectivity index (χ4v) is 3.12. The van der Waals surface area contributed by atoms with Gasteiger partial charge in [-0.1, -0.05) is 48.5 Å². The zero-order valence-corrected chi connectivity index (χ0v) is 15.3. The first-order valence-corrected chi connectivity index (χ1v) is 8.95. The number of ether oxygens (including phenoxy) is 1. The molecule has 3 aromatic carbocycles. The number of anilines is 1. The van der Waals surface area contributed by atoms with Gasteiger partial charge in [-0.2, -0.15) is 13.9 Å². The highest BCUT2D eigenvalue weighted by Gasteiger charge is 2.11. The van der Waals surface area contributed by atoms with Gasteiger partial charge in [0.15, 0.2) is 5.82 Å². The molecule has 1 heterocycles. The first-order valence-electron chi connectivity index (χ1n) is 8.95. The van der Waals surface area contributed by atoms with Gasteiger partial charge in [0.25, 0.3) is 5.91 Å². The van der Waals surface area contributed by atoms with Gasteiger partial charge in [-0.25, -0.2) is 0 Å². The van der Waals surface area contributed by atoms with Crippen molar-refractivity contribution in [2.75, 3.05) is 5.32 Å². The minimum Gasteiger partial charge on any atom is -0.435 e. The lowest BCUT2D eigenvalue weighted by molar-refractivity contribution is -0.0498. The zero-order chi connectivity index (χ0) is 20.2. The Morgan fingerprint density at radius 1 is 1.03 bits per heavy atom. The zero-order valence-electron chi connectivity index (χ0n) is 15.3. The molecule has 0 aliphatic rings. The SMILES string of the molecule is O=C(Nc1ccn(Cc2cccc3ccccc23)n1)c1cccc(OC(F)F)c1. The summed E-state index contributed by atoms with van der Waals surface area (Å²) in [5.74, 6) is -0.162. The van der Waals surface area contributed by atoms with Gasteiger partial charge in [-0.3, -0.25) is 9.48 Å². The highest BCUT2D eigenvalue weighted by Crippen LogP contribution is 2.20. The minimum atomic E-state index is -2.95. The standard InChI is InChI=1S/C22H17F2N3O2/c23-22(24)29-18-9-4-7-16(13-18)21(28)25-20-11-12-27(26-20)14-17-8-3-6-15-5-1-2-10-19(15)17/h1-13,22H,14H2,(H,25,26,28). The lowest BCUT2D eigenvalue weighted by Crippen LogP contribution is -2.13. The van der Waals surface area contributed by atoms with Crippen molar-refractivity contribution in [1.29, 1.82) is 0 Å². The third-order valence-corrected chi connectivity index (χ3v) is 4.42. The number of hydrogen-bond acceptors (Lipinski definition) is 3. The Kier molecular flexibility index (Phi) is 5.20. The van der Waals surface area contributed by atoms with Crippen LogP contribution in [0.2, 0.25) is 0 Å². The van der Waals surface area contributed by atoms with Crippen molar-refractivity contribution in [3.8, 4) is 5.75 Å². The van der Waals surface area contributed by atoms with E-state index in [4.69, 9.17) is 0 Å². The quantitative estimate of drug-likeness (QED) is 0.505. The van der Waals surface area contributed by atoms with Crippen LogP contribution in [0.15, 0.2) is 79.0 Å². The fourth-order valence-electron chi connectivity index (χ4n) is 3.12. The summed E-state index contributed by atoms with van der Waals surface area (Å²) in [4.78, 5) is 12.4. The molecule has 4 aromatic rings. The van der Waals surface area contributed by atoms with Gasteiger partial charge in [0.05, 0.1) is 6.54 Å². The van der Waals surface area contributed by atoms with Crippen LogP contribution < -0.4 is 10.1 Å². The number of nitrogens with one attached hydrogen (secondary N) is 1. The van der Waals surface area contributed by atoms with Crippen LogP contribution >= 0.6 is 0 Å². The predicted octanol–water partition coefficient (Wildman–Crippen LogP) is 4.94. The van der Waals surface area contributed by atoms with E-state index in [2.05, 4.69) is 33.4 Å². The maximum absolute atomic E-state index is 12.4. The Labute approximate surface area is 165 Å². The van der Waals surface area contributed by atoms with Crippen molar-refractivity contribution in [3.05, 3.63) is 90.1 Å². The average Bonchev–Trinajstić information content (AvgIpc) is 3.15. The number of halogens is 2. The van der Waals surface area contributed by atoms with E-state index in [1.807, 2.05) is 24.3 Å². The largest absolute Gasteiger partial charge is 0.435 e. The molecule has 1 amide bonds. The van der Waals surface area contributed by atoms with E-state index in [9.17, 15) is 13.6 Å². The molecule has 146 valence electrons. The van der Waals surface area contributed by atoms with E-state index in [0.29, 0.717) is 12.4 Å². The van der Waals surface area contributed by atoms with Gasteiger partial charge >= 0.3 is 6.61 Å². The number of benzene rings is 3. The molecule has 7 heteroatoms. The van der Waals surface area contributed by atoms with E-state index in [0.717, 1.165) is 16.3 Å². The second kappa shape index (κ2) is 8.10. The molecule has 0 unspecified atom stereocenters. The van der Waals surface area contributed by atoms with Crippen LogP contribution in [0.3, 0.4) is 0 Å². The number of aromatic nitrogens is 2. The van der Waals surface area contributed by atoms with Crippen LogP contribution in [0.25, 0.3) is 10.8 Å². The molecule has 0 aliphatic carbocycles. The molecule has 1 aromatic heterocycles. The molecule has 29 heavy (non-hydrogen) atoms. The number of hydrogen-bond donors (Lipinski definition) is 1. The number of carbonyl (C=O) groups excluding carboxylic acids is 1. The number of carbonyl (C=O) groups is 1. The normalized spacial score (nSPS) is 11.0. The molecular formula is C22H17F2N3O2. The van der Waals surface area contributed by atoms with E-state index in [1.54, 1.807) is 16.9 Å². The number of rotatable bonds is 6. The summed E-state index contributed by atoms with van der Waals surface area (Å²) in [7, 11) is 0. The predicted molar refractivity (Wildman–Crippen MR) is 106 cm³/mol. The second-order valence-corrected chi connectivity index (χ2v) is 6.40. The smallest absolute Gasteiger partial charge is 0.387 e. The molecule has 0 bridgehead atoms. The lowest BCUT2D eigenvalue weighted by atomic mass is 10.0. The van der Waals surface area contributed by atoms with Crippen LogP contribution in [0, 0.1) is 0 Å². The number of fused-ring (bicyclic) bond motifs is 1. The van der Waals surface area contributed by atoms with Gasteiger partial charge in [-0.15, -0.1) is 0 Å². The summed E-state index contributed by atoms with van der Waals surface area (Å²) in [5, 5.41) is 9.35. The van der Waals surface area contributed by atoms with Crippen LogP contribution in [0.4, 0.5) is 14.6 Å². The van der Waals surface area contributed by atoms with Crippen LogP contribution in [-0.4, -0.2) is 22.3 Å². The number of nitrogens with zero attached hydrogens (tertiary/aromatic N) is 2. The maximum Gasteiger partial charge on any atom is 0.387 e. The average molecular weight is 393 g/mol. The Hall–Kier alpha value is -3.74. The summed E-state index contributed by atoms with van der Waals surface area (Å²) >= 11 is 0. The highest BCUT2D eigenvalue weighted by molar-refractivity contribution is 6.04. The molecule has 0 atom stereocenters. The van der Waals surface area contributed by atoms with Crippen molar-refractivity contribution in [2.45, 2.75) is 13.2 Å². The Balaban J connectivity index is 1.47. The van der Waals surface area contributed by atoms with Gasteiger partial charge in [0.1, 0.15) is 5.75 Å². The minimum absolute atomic E-state index is 0.0749. The van der Waals surface area contributed by atoms with Crippen molar-refractivity contribution >= 4 is 22.5 Å². The molecule has 1 N–H and O–H groups in total. The van der Waals surface area contributed by atoms with Gasteiger partial charge in [-0.05, 0) is 34.5 Å². The monoisotopic (exact) mass is 393 g/mol. The molecule has 0 saturated heterocycles. The topological polar surface area (TPSA) is 56.2 Å². The van der Waals surface area contributed by atoms with E-state index in [1.165, 1.54) is 24.3 Å². The summed E-state index contributed by atoms with van der Waals surface area (Å²) in [6.07, 6.45) is 1.77. The second-order valence-electron chi connectivity index (χ2n) is 6.40. The Bertz CT molecular complexity index is 1150. The molecular weight excluding hydrogens is 376 g/mol. The first kappa shape index (κ1) is 18.6. The van der Waals surface area contributed by atoms with Crippen molar-refractivity contribution in [3.63, 3.8) is 0 Å². The van der Waals surface area contributed by atoms with Crippen molar-refractivity contribution in [2.24, 2.45) is 0 Å². The summed E-state index contributed by atoms with van der Waals surface area (Å²) in [5.41, 5.74) is 1.31. The highest BCUT2D eigenvalue weighted by atomic mass is 19.3. The van der Waals surface area contributed by atoms with E-state index < -0.39 is 12.5 Å². The van der Waals surface area contributed by atoms with Gasteiger partial charge in [0, 0.05) is 17.8 Å². The third-order valence-electron chi connectivity index (χ3n) is 4.42. The maximum atomic E-state index is 12.4. The molecule has 0 saturated carbocycles. The van der Waals surface area contributed by atoms with Crippen molar-refractivity contribution < 1.29 is 18.3 Å². The summed E-state index contributed by atoms with van der Waals surface area (Å²) < 4.78 is 30.7. The summed E-state index contributed by atoms with van der Waals surface area (Å²) in [6.45, 7) is -2.40. The molecule has 0 spiro atoms. The van der Waals surface area contributed by atoms with Crippen LogP contribution in [0.5, 0.6) is 5.75 Å². The van der Waals surface area contributed by atoms with E-state index >= 15 is 0 Å². The van der Waals surface area contributed by atoms with E-state index in [-0.39, 0.29) is 11.3 Å². The van der Waals surface area contributed by atoms with Crippen LogP contribution in [-0.2, 0) is 6.54 Å². The molecule has 0 radical (unpaired) electrons. The van der Waals surface area contributed by atoms with Gasteiger partial charge < -0.3 is 10.1 Å². The number of amides is 1. The van der Waals surface area contributed by atoms with Crippen molar-refractivity contribution in [1.82, 2.24) is 9.78 Å². The first-order chi connectivity index (χ1) is 14.1. The van der Waals surface area contributed by atoms with Crippen LogP contribution in [0.1, 0.15) is 15.9 Å². The Morgan fingerprint density at radius 2 is 1.83 bits per heavy atom. The number of alkyl halides is 2. The molecule has 4 rings (SSSR count). The molecule has 5 nitrogen and oxygen atoms in total. The fraction of sp³-hybridized carbons (Fsp3) is 0.0909. The summed E-state index contributed by atoms with van der Waals surface area (Å²) in [6, 6.07) is 21.5. The molecule has 0 aliphatic heterocycles. The third kappa shape index (κ3) is 4.40. The molecule has 0 fully saturated rings. The van der Waals surface area contributed by atoms with Gasteiger partial charge in [0.2, 0.25) is 0 Å². The lowest BCUT2D eigenvalue weighted by Gasteiger charge is -2.07.